The second-order valence-electron chi connectivity index (χ2n) is 10.9. The number of halogens is 3. The van der Waals surface area contributed by atoms with E-state index in [2.05, 4.69) is 20.6 Å². The number of carbonyl (C=O) groups is 2. The van der Waals surface area contributed by atoms with Crippen molar-refractivity contribution in [1.29, 1.82) is 0 Å². The van der Waals surface area contributed by atoms with Crippen LogP contribution in [0.4, 0.5) is 23.7 Å². The molecule has 0 spiro atoms. The molecule has 0 aliphatic heterocycles. The minimum Gasteiger partial charge on any atom is -0.444 e. The minimum absolute atomic E-state index is 0.180. The molecule has 2 aromatic heterocycles. The van der Waals surface area contributed by atoms with Crippen LogP contribution in [-0.4, -0.2) is 44.8 Å². The standard InChI is InChI=1S/C29H31F3N4O4/c1-15-12-16(13-22(26(15)37)36-28(39)40-29(2,3)4)17-10-11-33-14-23(17)35-27(38)21-9-8-20(32)25(34-21)24-18(30)6-5-7-19(24)31/h5-11,14-16,22,26,37H,12-13H2,1-4H3,(H,35,38)(H,36,39). The van der Waals surface area contributed by atoms with Crippen molar-refractivity contribution in [2.75, 3.05) is 5.32 Å². The molecule has 2 heterocycles. The first-order valence-electron chi connectivity index (χ1n) is 12.9. The highest BCUT2D eigenvalue weighted by Gasteiger charge is 2.37. The van der Waals surface area contributed by atoms with Crippen molar-refractivity contribution in [2.24, 2.45) is 5.92 Å². The first kappa shape index (κ1) is 29.0. The number of aliphatic hydroxyl groups is 1. The summed E-state index contributed by atoms with van der Waals surface area (Å²) in [6.45, 7) is 7.10. The van der Waals surface area contributed by atoms with Crippen LogP contribution in [0, 0.1) is 23.4 Å². The predicted octanol–water partition coefficient (Wildman–Crippen LogP) is 5.58. The largest absolute Gasteiger partial charge is 0.444 e. The van der Waals surface area contributed by atoms with Gasteiger partial charge in [0, 0.05) is 6.20 Å². The molecule has 1 saturated carbocycles. The lowest BCUT2D eigenvalue weighted by molar-refractivity contribution is 0.0176. The number of hydrogen-bond acceptors (Lipinski definition) is 6. The third kappa shape index (κ3) is 6.59. The van der Waals surface area contributed by atoms with Crippen LogP contribution in [0.1, 0.15) is 62.5 Å². The average molecular weight is 557 g/mol. The Morgan fingerprint density at radius 3 is 2.40 bits per heavy atom. The first-order chi connectivity index (χ1) is 18.8. The van der Waals surface area contributed by atoms with Crippen LogP contribution in [0.3, 0.4) is 0 Å². The monoisotopic (exact) mass is 556 g/mol. The quantitative estimate of drug-likeness (QED) is 0.378. The molecule has 1 fully saturated rings. The summed E-state index contributed by atoms with van der Waals surface area (Å²) in [5.41, 5.74) is -1.20. The molecular weight excluding hydrogens is 525 g/mol. The number of rotatable bonds is 5. The maximum Gasteiger partial charge on any atom is 0.407 e. The van der Waals surface area contributed by atoms with E-state index in [9.17, 15) is 27.9 Å². The van der Waals surface area contributed by atoms with Gasteiger partial charge in [0.1, 0.15) is 34.4 Å². The van der Waals surface area contributed by atoms with Gasteiger partial charge in [0.15, 0.2) is 0 Å². The first-order valence-corrected chi connectivity index (χ1v) is 12.9. The number of anilines is 1. The normalized spacial score (nSPS) is 21.0. The van der Waals surface area contributed by atoms with Crippen LogP contribution in [0.2, 0.25) is 0 Å². The molecule has 1 aliphatic carbocycles. The molecule has 212 valence electrons. The fourth-order valence-electron chi connectivity index (χ4n) is 4.90. The number of nitrogens with zero attached hydrogens (tertiary/aromatic N) is 2. The van der Waals surface area contributed by atoms with E-state index in [1.807, 2.05) is 6.92 Å². The number of benzene rings is 1. The van der Waals surface area contributed by atoms with E-state index in [0.29, 0.717) is 24.1 Å². The van der Waals surface area contributed by atoms with Gasteiger partial charge < -0.3 is 20.5 Å². The molecule has 3 N–H and O–H groups in total. The Morgan fingerprint density at radius 1 is 1.02 bits per heavy atom. The van der Waals surface area contributed by atoms with E-state index < -0.39 is 58.5 Å². The zero-order valence-corrected chi connectivity index (χ0v) is 22.5. The minimum atomic E-state index is -1.01. The van der Waals surface area contributed by atoms with Crippen molar-refractivity contribution in [3.8, 4) is 11.3 Å². The number of aliphatic hydroxyl groups excluding tert-OH is 1. The van der Waals surface area contributed by atoms with E-state index in [0.717, 1.165) is 30.3 Å². The Labute approximate surface area is 230 Å². The molecule has 11 heteroatoms. The number of aromatic nitrogens is 2. The van der Waals surface area contributed by atoms with Crippen molar-refractivity contribution in [3.63, 3.8) is 0 Å². The van der Waals surface area contributed by atoms with Crippen molar-refractivity contribution in [3.05, 3.63) is 77.5 Å². The molecule has 8 nitrogen and oxygen atoms in total. The zero-order valence-electron chi connectivity index (χ0n) is 22.5. The zero-order chi connectivity index (χ0) is 29.2. The molecule has 0 bridgehead atoms. The number of pyridine rings is 2. The topological polar surface area (TPSA) is 113 Å². The molecule has 4 rings (SSSR count). The Hall–Kier alpha value is -3.99. The van der Waals surface area contributed by atoms with Crippen LogP contribution in [0.25, 0.3) is 11.3 Å². The summed E-state index contributed by atoms with van der Waals surface area (Å²) >= 11 is 0. The average Bonchev–Trinajstić information content (AvgIpc) is 2.86. The van der Waals surface area contributed by atoms with Crippen molar-refractivity contribution >= 4 is 17.7 Å². The summed E-state index contributed by atoms with van der Waals surface area (Å²) in [5, 5.41) is 16.2. The highest BCUT2D eigenvalue weighted by molar-refractivity contribution is 6.03. The van der Waals surface area contributed by atoms with Crippen LogP contribution in [0.15, 0.2) is 48.8 Å². The maximum absolute atomic E-state index is 14.5. The maximum atomic E-state index is 14.5. The molecule has 0 radical (unpaired) electrons. The van der Waals surface area contributed by atoms with Gasteiger partial charge in [0.25, 0.3) is 5.91 Å². The van der Waals surface area contributed by atoms with Crippen molar-refractivity contribution < 1.29 is 32.6 Å². The molecular formula is C29H31F3N4O4. The van der Waals surface area contributed by atoms with E-state index in [4.69, 9.17) is 4.74 Å². The lowest BCUT2D eigenvalue weighted by Gasteiger charge is -2.39. The lowest BCUT2D eigenvalue weighted by atomic mass is 9.74. The van der Waals surface area contributed by atoms with Gasteiger partial charge >= 0.3 is 6.09 Å². The Kier molecular flexibility index (Phi) is 8.43. The second-order valence-corrected chi connectivity index (χ2v) is 10.9. The van der Waals surface area contributed by atoms with E-state index in [1.54, 1.807) is 33.0 Å². The van der Waals surface area contributed by atoms with Gasteiger partial charge in [-0.05, 0) is 81.3 Å². The number of amides is 2. The van der Waals surface area contributed by atoms with Crippen LogP contribution in [-0.2, 0) is 4.74 Å². The Balaban J connectivity index is 1.57. The number of hydrogen-bond donors (Lipinski definition) is 3. The smallest absolute Gasteiger partial charge is 0.407 e. The predicted molar refractivity (Wildman–Crippen MR) is 142 cm³/mol. The van der Waals surface area contributed by atoms with E-state index in [-0.39, 0.29) is 17.5 Å². The highest BCUT2D eigenvalue weighted by Crippen LogP contribution is 2.39. The molecule has 4 unspecified atom stereocenters. The Morgan fingerprint density at radius 2 is 1.73 bits per heavy atom. The van der Waals surface area contributed by atoms with Gasteiger partial charge in [0.05, 0.1) is 29.6 Å². The summed E-state index contributed by atoms with van der Waals surface area (Å²) < 4.78 is 48.4. The van der Waals surface area contributed by atoms with Gasteiger partial charge in [-0.3, -0.25) is 9.78 Å². The number of ether oxygens (including phenoxy) is 1. The van der Waals surface area contributed by atoms with Crippen molar-refractivity contribution in [2.45, 2.75) is 64.2 Å². The number of nitrogens with one attached hydrogen (secondary N) is 2. The van der Waals surface area contributed by atoms with Gasteiger partial charge in [-0.2, -0.15) is 0 Å². The Bertz CT molecular complexity index is 1390. The SMILES string of the molecule is CC1CC(c2ccncc2NC(=O)c2ccc(F)c(-c3c(F)cccc3F)n2)CC(NC(=O)OC(C)(C)C)C1O. The van der Waals surface area contributed by atoms with Gasteiger partial charge in [-0.1, -0.05) is 13.0 Å². The van der Waals surface area contributed by atoms with Crippen molar-refractivity contribution in [1.82, 2.24) is 15.3 Å². The summed E-state index contributed by atoms with van der Waals surface area (Å²) in [5.74, 6) is -4.11. The van der Waals surface area contributed by atoms with Crippen LogP contribution in [0.5, 0.6) is 0 Å². The van der Waals surface area contributed by atoms with E-state index in [1.165, 1.54) is 6.20 Å². The van der Waals surface area contributed by atoms with Gasteiger partial charge in [-0.15, -0.1) is 0 Å². The summed E-state index contributed by atoms with van der Waals surface area (Å²) in [4.78, 5) is 33.6. The fraction of sp³-hybridized carbons (Fsp3) is 0.379. The summed E-state index contributed by atoms with van der Waals surface area (Å²) in [7, 11) is 0. The fourth-order valence-corrected chi connectivity index (χ4v) is 4.90. The molecule has 40 heavy (non-hydrogen) atoms. The third-order valence-electron chi connectivity index (χ3n) is 6.71. The number of carbonyl (C=O) groups excluding carboxylic acids is 2. The highest BCUT2D eigenvalue weighted by atomic mass is 19.1. The summed E-state index contributed by atoms with van der Waals surface area (Å²) in [6, 6.07) is 6.26. The number of alkyl carbamates (subject to hydrolysis) is 1. The molecule has 1 aliphatic rings. The second kappa shape index (κ2) is 11.6. The molecule has 2 amide bonds. The molecule has 4 atom stereocenters. The van der Waals surface area contributed by atoms with Gasteiger partial charge in [-0.25, -0.2) is 22.9 Å². The summed E-state index contributed by atoms with van der Waals surface area (Å²) in [6.07, 6.45) is 2.49. The van der Waals surface area contributed by atoms with E-state index >= 15 is 0 Å². The molecule has 0 saturated heterocycles. The lowest BCUT2D eigenvalue weighted by Crippen LogP contribution is -2.51. The third-order valence-corrected chi connectivity index (χ3v) is 6.71. The molecule has 3 aromatic rings. The van der Waals surface area contributed by atoms with Crippen LogP contribution >= 0.6 is 0 Å². The van der Waals surface area contributed by atoms with Gasteiger partial charge in [0.2, 0.25) is 0 Å². The van der Waals surface area contributed by atoms with Crippen LogP contribution < -0.4 is 10.6 Å². The molecule has 1 aromatic carbocycles.